The molecular formula is C8H12O5. The van der Waals surface area contributed by atoms with Crippen LogP contribution in [0.25, 0.3) is 0 Å². The zero-order chi connectivity index (χ0) is 10.3. The fourth-order valence-electron chi connectivity index (χ4n) is 0.783. The van der Waals surface area contributed by atoms with Gasteiger partial charge >= 0.3 is 11.9 Å². The molecule has 0 aromatic heterocycles. The topological polar surface area (TPSA) is 94.8 Å². The van der Waals surface area contributed by atoms with Crippen molar-refractivity contribution in [1.29, 1.82) is 0 Å². The summed E-state index contributed by atoms with van der Waals surface area (Å²) in [6.45, 7) is 0. The highest BCUT2D eigenvalue weighted by Crippen LogP contribution is 2.13. The lowest BCUT2D eigenvalue weighted by Crippen LogP contribution is -2.03. The lowest BCUT2D eigenvalue weighted by atomic mass is 10.4. The average Bonchev–Trinajstić information content (AvgIpc) is 2.37. The van der Waals surface area contributed by atoms with Gasteiger partial charge in [0.2, 0.25) is 0 Å². The van der Waals surface area contributed by atoms with Crippen LogP contribution in [0, 0.1) is 0 Å². The number of carbonyl (C=O) groups is 2. The van der Waals surface area contributed by atoms with Gasteiger partial charge in [0.15, 0.2) is 0 Å². The van der Waals surface area contributed by atoms with E-state index in [1.807, 2.05) is 6.08 Å². The highest BCUT2D eigenvalue weighted by Gasteiger charge is 2.01. The summed E-state index contributed by atoms with van der Waals surface area (Å²) in [6.07, 6.45) is 4.19. The summed E-state index contributed by atoms with van der Waals surface area (Å²) in [7, 11) is 0. The molecule has 0 heterocycles. The Morgan fingerprint density at radius 3 is 1.92 bits per heavy atom. The summed E-state index contributed by atoms with van der Waals surface area (Å²) in [4.78, 5) is 18.9. The first-order chi connectivity index (χ1) is 6.02. The van der Waals surface area contributed by atoms with Crippen molar-refractivity contribution in [2.24, 2.45) is 0 Å². The van der Waals surface area contributed by atoms with Crippen LogP contribution in [-0.4, -0.2) is 27.3 Å². The third kappa shape index (κ3) is 8.39. The molecule has 0 atom stereocenters. The van der Waals surface area contributed by atoms with Crippen molar-refractivity contribution in [3.8, 4) is 0 Å². The summed E-state index contributed by atoms with van der Waals surface area (Å²) in [5.74, 6) is -2.05. The number of aliphatic hydroxyl groups is 1. The van der Waals surface area contributed by atoms with E-state index in [2.05, 4.69) is 0 Å². The van der Waals surface area contributed by atoms with Gasteiger partial charge in [0.25, 0.3) is 0 Å². The van der Waals surface area contributed by atoms with Gasteiger partial charge in [-0.15, -0.1) is 0 Å². The van der Waals surface area contributed by atoms with E-state index in [-0.39, 0.29) is 0 Å². The standard InChI is InChI=1S/C5H8O.C3H4O4/c6-5-3-1-2-4-5;4-2(5)1-3(6)7/h3,6H,1-2,4H2;1H2,(H,4,5)(H,6,7). The number of hydrogen-bond donors (Lipinski definition) is 3. The zero-order valence-electron chi connectivity index (χ0n) is 7.06. The summed E-state index contributed by atoms with van der Waals surface area (Å²) >= 11 is 0. The molecule has 13 heavy (non-hydrogen) atoms. The van der Waals surface area contributed by atoms with E-state index in [0.717, 1.165) is 19.3 Å². The van der Waals surface area contributed by atoms with Gasteiger partial charge in [0, 0.05) is 6.42 Å². The number of carboxylic acid groups (broad SMARTS) is 2. The number of rotatable bonds is 2. The first-order valence-electron chi connectivity index (χ1n) is 3.84. The number of aliphatic carboxylic acids is 2. The van der Waals surface area contributed by atoms with Crippen LogP contribution in [0.15, 0.2) is 11.8 Å². The van der Waals surface area contributed by atoms with Crippen LogP contribution in [0.1, 0.15) is 25.7 Å². The third-order valence-electron chi connectivity index (χ3n) is 1.32. The van der Waals surface area contributed by atoms with Crippen LogP contribution in [0.3, 0.4) is 0 Å². The fourth-order valence-corrected chi connectivity index (χ4v) is 0.783. The molecule has 0 bridgehead atoms. The number of hydrogen-bond acceptors (Lipinski definition) is 3. The van der Waals surface area contributed by atoms with Gasteiger partial charge in [-0.3, -0.25) is 9.59 Å². The van der Waals surface area contributed by atoms with Crippen molar-refractivity contribution >= 4 is 11.9 Å². The normalized spacial score (nSPS) is 14.0. The van der Waals surface area contributed by atoms with Crippen LogP contribution in [0.2, 0.25) is 0 Å². The van der Waals surface area contributed by atoms with Crippen molar-refractivity contribution in [1.82, 2.24) is 0 Å². The Hall–Kier alpha value is -1.52. The highest BCUT2D eigenvalue weighted by atomic mass is 16.4. The monoisotopic (exact) mass is 188 g/mol. The van der Waals surface area contributed by atoms with E-state index in [1.165, 1.54) is 0 Å². The van der Waals surface area contributed by atoms with Crippen molar-refractivity contribution in [3.63, 3.8) is 0 Å². The zero-order valence-corrected chi connectivity index (χ0v) is 7.06. The number of aliphatic hydroxyl groups excluding tert-OH is 1. The molecule has 0 fully saturated rings. The molecule has 0 aromatic carbocycles. The van der Waals surface area contributed by atoms with Crippen LogP contribution >= 0.6 is 0 Å². The smallest absolute Gasteiger partial charge is 0.314 e. The molecule has 0 aliphatic heterocycles. The second-order valence-corrected chi connectivity index (χ2v) is 2.55. The molecule has 0 amide bonds. The molecule has 0 spiro atoms. The van der Waals surface area contributed by atoms with Gasteiger partial charge in [-0.2, -0.15) is 0 Å². The largest absolute Gasteiger partial charge is 0.513 e. The minimum atomic E-state index is -1.31. The molecular weight excluding hydrogens is 176 g/mol. The van der Waals surface area contributed by atoms with E-state index in [0.29, 0.717) is 5.76 Å². The number of allylic oxidation sites excluding steroid dienone is 2. The van der Waals surface area contributed by atoms with E-state index < -0.39 is 18.4 Å². The van der Waals surface area contributed by atoms with Gasteiger partial charge < -0.3 is 15.3 Å². The molecule has 0 aromatic rings. The second kappa shape index (κ2) is 6.05. The van der Waals surface area contributed by atoms with Crippen LogP contribution in [-0.2, 0) is 9.59 Å². The summed E-state index contributed by atoms with van der Waals surface area (Å²) in [5.41, 5.74) is 0. The van der Waals surface area contributed by atoms with Crippen molar-refractivity contribution in [3.05, 3.63) is 11.8 Å². The SMILES string of the molecule is O=C(O)CC(=O)O.OC1=CCCC1. The van der Waals surface area contributed by atoms with E-state index in [9.17, 15) is 9.59 Å². The maximum atomic E-state index is 9.43. The molecule has 3 N–H and O–H groups in total. The highest BCUT2D eigenvalue weighted by molar-refractivity contribution is 5.88. The van der Waals surface area contributed by atoms with Gasteiger partial charge in [-0.25, -0.2) is 0 Å². The number of carboxylic acids is 2. The first-order valence-corrected chi connectivity index (χ1v) is 3.84. The van der Waals surface area contributed by atoms with Crippen LogP contribution < -0.4 is 0 Å². The Kier molecular flexibility index (Phi) is 5.34. The predicted molar refractivity (Wildman–Crippen MR) is 44.5 cm³/mol. The van der Waals surface area contributed by atoms with Crippen molar-refractivity contribution in [2.45, 2.75) is 25.7 Å². The molecule has 0 saturated carbocycles. The third-order valence-corrected chi connectivity index (χ3v) is 1.32. The lowest BCUT2D eigenvalue weighted by molar-refractivity contribution is -0.147. The Bertz CT molecular complexity index is 207. The molecule has 5 heteroatoms. The molecule has 1 rings (SSSR count). The maximum Gasteiger partial charge on any atom is 0.314 e. The second-order valence-electron chi connectivity index (χ2n) is 2.55. The van der Waals surface area contributed by atoms with Crippen LogP contribution in [0.5, 0.6) is 0 Å². The summed E-state index contributed by atoms with van der Waals surface area (Å²) in [6, 6.07) is 0. The van der Waals surface area contributed by atoms with E-state index in [4.69, 9.17) is 15.3 Å². The molecule has 1 aliphatic carbocycles. The predicted octanol–water partition coefficient (Wildman–Crippen LogP) is 1.16. The summed E-state index contributed by atoms with van der Waals surface area (Å²) in [5, 5.41) is 24.0. The average molecular weight is 188 g/mol. The molecule has 74 valence electrons. The maximum absolute atomic E-state index is 9.43. The minimum absolute atomic E-state index is 0.579. The van der Waals surface area contributed by atoms with Gasteiger partial charge in [-0.05, 0) is 18.9 Å². The molecule has 5 nitrogen and oxygen atoms in total. The van der Waals surface area contributed by atoms with Gasteiger partial charge in [0.1, 0.15) is 6.42 Å². The van der Waals surface area contributed by atoms with Gasteiger partial charge in [0.05, 0.1) is 5.76 Å². The Labute approximate surface area is 75.3 Å². The Morgan fingerprint density at radius 2 is 1.85 bits per heavy atom. The minimum Gasteiger partial charge on any atom is -0.513 e. The van der Waals surface area contributed by atoms with Crippen molar-refractivity contribution < 1.29 is 24.9 Å². The molecule has 0 radical (unpaired) electrons. The molecule has 0 saturated heterocycles. The quantitative estimate of drug-likeness (QED) is 0.565. The van der Waals surface area contributed by atoms with Crippen LogP contribution in [0.4, 0.5) is 0 Å². The van der Waals surface area contributed by atoms with Crippen molar-refractivity contribution in [2.75, 3.05) is 0 Å². The Balaban J connectivity index is 0.000000223. The van der Waals surface area contributed by atoms with E-state index in [1.54, 1.807) is 0 Å². The lowest BCUT2D eigenvalue weighted by Gasteiger charge is -1.80. The van der Waals surface area contributed by atoms with E-state index >= 15 is 0 Å². The first kappa shape index (κ1) is 11.5. The fraction of sp³-hybridized carbons (Fsp3) is 0.500. The molecule has 1 aliphatic rings. The molecule has 0 unspecified atom stereocenters. The van der Waals surface area contributed by atoms with Gasteiger partial charge in [-0.1, -0.05) is 0 Å². The summed E-state index contributed by atoms with van der Waals surface area (Å²) < 4.78 is 0. The Morgan fingerprint density at radius 1 is 1.31 bits per heavy atom.